The van der Waals surface area contributed by atoms with Crippen LogP contribution in [0, 0.1) is 0 Å². The van der Waals surface area contributed by atoms with Gasteiger partial charge >= 0.3 is 6.09 Å². The quantitative estimate of drug-likeness (QED) is 0.814. The molecule has 0 spiro atoms. The Bertz CT molecular complexity index is 965. The van der Waals surface area contributed by atoms with E-state index in [4.69, 9.17) is 9.47 Å². The molecule has 0 aliphatic carbocycles. The van der Waals surface area contributed by atoms with Gasteiger partial charge in [-0.3, -0.25) is 14.4 Å². The monoisotopic (exact) mass is 417 g/mol. The Morgan fingerprint density at radius 1 is 1.23 bits per heavy atom. The number of carbonyl (C=O) groups is 2. The molecule has 1 aliphatic rings. The zero-order valence-electron chi connectivity index (χ0n) is 18.0. The predicted molar refractivity (Wildman–Crippen MR) is 109 cm³/mol. The van der Waals surface area contributed by atoms with Gasteiger partial charge in [-0.25, -0.2) is 9.78 Å². The Balaban J connectivity index is 2.01. The van der Waals surface area contributed by atoms with E-state index in [1.807, 2.05) is 20.8 Å². The van der Waals surface area contributed by atoms with Crippen LogP contribution in [0.3, 0.4) is 0 Å². The lowest BCUT2D eigenvalue weighted by Gasteiger charge is -2.43. The summed E-state index contributed by atoms with van der Waals surface area (Å²) in [5, 5.41) is 14.2. The molecular weight excluding hydrogens is 390 g/mol. The van der Waals surface area contributed by atoms with Gasteiger partial charge < -0.3 is 19.5 Å². The average molecular weight is 417 g/mol. The Labute approximate surface area is 175 Å². The zero-order valence-corrected chi connectivity index (χ0v) is 18.0. The maximum absolute atomic E-state index is 13.3. The number of rotatable bonds is 4. The number of aromatic nitrogens is 3. The van der Waals surface area contributed by atoms with E-state index in [9.17, 15) is 14.7 Å². The first-order valence-corrected chi connectivity index (χ1v) is 9.54. The van der Waals surface area contributed by atoms with Gasteiger partial charge in [-0.15, -0.1) is 0 Å². The predicted octanol–water partition coefficient (Wildman–Crippen LogP) is 2.70. The van der Waals surface area contributed by atoms with Crippen molar-refractivity contribution in [2.75, 3.05) is 25.7 Å². The highest BCUT2D eigenvalue weighted by Gasteiger charge is 2.41. The first-order valence-electron chi connectivity index (χ1n) is 9.54. The van der Waals surface area contributed by atoms with Gasteiger partial charge in [0.15, 0.2) is 5.75 Å². The number of anilines is 1. The lowest BCUT2D eigenvalue weighted by atomic mass is 9.95. The van der Waals surface area contributed by atoms with Crippen molar-refractivity contribution in [3.05, 3.63) is 29.7 Å². The molecule has 30 heavy (non-hydrogen) atoms. The lowest BCUT2D eigenvalue weighted by molar-refractivity contribution is 0.0629. The fourth-order valence-corrected chi connectivity index (χ4v) is 3.89. The van der Waals surface area contributed by atoms with E-state index in [1.54, 1.807) is 28.9 Å². The molecule has 2 aromatic heterocycles. The van der Waals surface area contributed by atoms with Crippen LogP contribution in [0.1, 0.15) is 49.3 Å². The molecule has 10 heteroatoms. The first-order chi connectivity index (χ1) is 14.1. The van der Waals surface area contributed by atoms with Crippen molar-refractivity contribution in [3.63, 3.8) is 0 Å². The molecule has 2 aromatic rings. The molecule has 0 fully saturated rings. The number of aryl methyl sites for hydroxylation is 1. The molecule has 162 valence electrons. The maximum Gasteiger partial charge on any atom is 0.408 e. The van der Waals surface area contributed by atoms with Crippen LogP contribution in [0.4, 0.5) is 10.5 Å². The molecule has 3 rings (SSSR count). The smallest absolute Gasteiger partial charge is 0.408 e. The van der Waals surface area contributed by atoms with Crippen LogP contribution in [0.5, 0.6) is 11.6 Å². The molecule has 0 saturated carbocycles. The molecule has 10 nitrogen and oxygen atoms in total. The van der Waals surface area contributed by atoms with E-state index in [2.05, 4.69) is 10.1 Å². The third-order valence-corrected chi connectivity index (χ3v) is 5.16. The number of hydrogen-bond acceptors (Lipinski definition) is 6. The normalized spacial score (nSPS) is 16.1. The summed E-state index contributed by atoms with van der Waals surface area (Å²) < 4.78 is 12.0. The van der Waals surface area contributed by atoms with E-state index >= 15 is 0 Å². The number of carboxylic acid groups (broad SMARTS) is 1. The SMILES string of the molecule is COc1cc(C(=O)N2CCC(N(C(=O)O)C(C)(C)C)c3c2cnn3C)cnc1OC. The van der Waals surface area contributed by atoms with E-state index in [0.29, 0.717) is 35.7 Å². The molecule has 0 bridgehead atoms. The van der Waals surface area contributed by atoms with Crippen molar-refractivity contribution in [1.82, 2.24) is 19.7 Å². The van der Waals surface area contributed by atoms with Gasteiger partial charge in [-0.2, -0.15) is 5.10 Å². The largest absolute Gasteiger partial charge is 0.491 e. The zero-order chi connectivity index (χ0) is 22.2. The van der Waals surface area contributed by atoms with E-state index < -0.39 is 17.7 Å². The number of methoxy groups -OCH3 is 2. The van der Waals surface area contributed by atoms with Crippen LogP contribution in [0.15, 0.2) is 18.5 Å². The van der Waals surface area contributed by atoms with E-state index in [-0.39, 0.29) is 11.8 Å². The number of fused-ring (bicyclic) bond motifs is 1. The number of hydrogen-bond donors (Lipinski definition) is 1. The number of ether oxygens (including phenoxy) is 2. The van der Waals surface area contributed by atoms with Crippen molar-refractivity contribution in [2.45, 2.75) is 38.8 Å². The Morgan fingerprint density at radius 3 is 2.50 bits per heavy atom. The summed E-state index contributed by atoms with van der Waals surface area (Å²) in [6.07, 6.45) is 2.46. The lowest BCUT2D eigenvalue weighted by Crippen LogP contribution is -2.50. The van der Waals surface area contributed by atoms with Crippen LogP contribution in [-0.4, -0.2) is 63.1 Å². The molecule has 1 aliphatic heterocycles. The van der Waals surface area contributed by atoms with Crippen LogP contribution < -0.4 is 14.4 Å². The highest BCUT2D eigenvalue weighted by molar-refractivity contribution is 6.06. The minimum Gasteiger partial charge on any atom is -0.491 e. The van der Waals surface area contributed by atoms with Crippen LogP contribution >= 0.6 is 0 Å². The molecule has 0 radical (unpaired) electrons. The topological polar surface area (TPSA) is 110 Å². The Morgan fingerprint density at radius 2 is 1.93 bits per heavy atom. The summed E-state index contributed by atoms with van der Waals surface area (Å²) in [5.41, 5.74) is 0.994. The van der Waals surface area contributed by atoms with Crippen molar-refractivity contribution < 1.29 is 24.2 Å². The minimum atomic E-state index is -1.01. The summed E-state index contributed by atoms with van der Waals surface area (Å²) >= 11 is 0. The number of amides is 2. The fraction of sp³-hybridized carbons (Fsp3) is 0.500. The van der Waals surface area contributed by atoms with Crippen LogP contribution in [0.25, 0.3) is 0 Å². The molecule has 3 heterocycles. The second-order valence-corrected chi connectivity index (χ2v) is 8.06. The Kier molecular flexibility index (Phi) is 5.60. The molecule has 1 unspecified atom stereocenters. The average Bonchev–Trinajstić information content (AvgIpc) is 3.08. The second-order valence-electron chi connectivity index (χ2n) is 8.06. The molecular formula is C20H27N5O5. The third-order valence-electron chi connectivity index (χ3n) is 5.16. The van der Waals surface area contributed by atoms with Gasteiger partial charge in [-0.1, -0.05) is 0 Å². The third kappa shape index (κ3) is 3.64. The van der Waals surface area contributed by atoms with E-state index in [0.717, 1.165) is 0 Å². The Hall–Kier alpha value is -3.30. The summed E-state index contributed by atoms with van der Waals surface area (Å²) in [4.78, 5) is 32.5. The second kappa shape index (κ2) is 7.85. The van der Waals surface area contributed by atoms with Gasteiger partial charge in [0.2, 0.25) is 0 Å². The van der Waals surface area contributed by atoms with Crippen molar-refractivity contribution in [3.8, 4) is 11.6 Å². The summed E-state index contributed by atoms with van der Waals surface area (Å²) in [5.74, 6) is 0.375. The number of nitrogens with zero attached hydrogens (tertiary/aromatic N) is 5. The summed E-state index contributed by atoms with van der Waals surface area (Å²) in [7, 11) is 4.70. The first kappa shape index (κ1) is 21.4. The summed E-state index contributed by atoms with van der Waals surface area (Å²) in [6, 6.07) is 1.16. The maximum atomic E-state index is 13.3. The number of pyridine rings is 1. The molecule has 1 N–H and O–H groups in total. The highest BCUT2D eigenvalue weighted by atomic mass is 16.5. The fourth-order valence-electron chi connectivity index (χ4n) is 3.89. The van der Waals surface area contributed by atoms with Crippen molar-refractivity contribution in [1.29, 1.82) is 0 Å². The van der Waals surface area contributed by atoms with Crippen LogP contribution in [0.2, 0.25) is 0 Å². The van der Waals surface area contributed by atoms with Gasteiger partial charge in [0.1, 0.15) is 0 Å². The van der Waals surface area contributed by atoms with E-state index in [1.165, 1.54) is 25.3 Å². The number of carbonyl (C=O) groups excluding carboxylic acids is 1. The summed E-state index contributed by atoms with van der Waals surface area (Å²) in [6.45, 7) is 5.90. The molecule has 0 saturated heterocycles. The van der Waals surface area contributed by atoms with Gasteiger partial charge in [-0.05, 0) is 27.2 Å². The van der Waals surface area contributed by atoms with Gasteiger partial charge in [0.05, 0.1) is 43.4 Å². The highest BCUT2D eigenvalue weighted by Crippen LogP contribution is 2.40. The standard InChI is InChI=1S/C20H27N5O5/c1-20(2,3)25(19(27)28)13-7-8-24(14-11-22-23(4)16(13)14)18(26)12-9-15(29-5)17(30-6)21-10-12/h9-11,13H,7-8H2,1-6H3,(H,27,28). The molecule has 2 amide bonds. The molecule has 1 atom stereocenters. The minimum absolute atomic E-state index is 0.270. The van der Waals surface area contributed by atoms with Gasteiger partial charge in [0.25, 0.3) is 11.8 Å². The van der Waals surface area contributed by atoms with Crippen molar-refractivity contribution in [2.24, 2.45) is 7.05 Å². The van der Waals surface area contributed by atoms with Crippen LogP contribution in [-0.2, 0) is 7.05 Å². The van der Waals surface area contributed by atoms with Crippen molar-refractivity contribution >= 4 is 17.7 Å². The van der Waals surface area contributed by atoms with Gasteiger partial charge in [0, 0.05) is 31.4 Å². The molecule has 0 aromatic carbocycles.